The third-order valence-electron chi connectivity index (χ3n) is 5.76. The highest BCUT2D eigenvalue weighted by Gasteiger charge is 2.28. The number of hydrogen-bond acceptors (Lipinski definition) is 6. The van der Waals surface area contributed by atoms with Crippen LogP contribution in [-0.2, 0) is 34.9 Å². The van der Waals surface area contributed by atoms with Crippen molar-refractivity contribution < 1.29 is 18.8 Å². The van der Waals surface area contributed by atoms with E-state index in [1.54, 1.807) is 32.4 Å². The van der Waals surface area contributed by atoms with E-state index in [1.807, 2.05) is 54.1 Å². The van der Waals surface area contributed by atoms with E-state index >= 15 is 0 Å². The smallest absolute Gasteiger partial charge is 0.340 e. The van der Waals surface area contributed by atoms with Crippen LogP contribution in [0.4, 0.5) is 0 Å². The second-order valence-electron chi connectivity index (χ2n) is 7.82. The largest absolute Gasteiger partial charge is 0.507 e. The summed E-state index contributed by atoms with van der Waals surface area (Å²) in [6, 6.07) is 14.7. The lowest BCUT2D eigenvalue weighted by Crippen LogP contribution is -2.12. The predicted octanol–water partition coefficient (Wildman–Crippen LogP) is 4.15. The number of phenolic OH excluding ortho intramolecular Hbond substituents is 1. The molecule has 2 aromatic carbocycles. The maximum atomic E-state index is 13.2. The molecule has 0 saturated heterocycles. The number of aromatic hydroxyl groups is 1. The van der Waals surface area contributed by atoms with Crippen molar-refractivity contribution in [2.24, 2.45) is 7.05 Å². The summed E-state index contributed by atoms with van der Waals surface area (Å²) in [7, 11) is 2.25. The molecule has 7 nitrogen and oxygen atoms in total. The first-order valence-corrected chi connectivity index (χ1v) is 12.3. The summed E-state index contributed by atoms with van der Waals surface area (Å²) in [4.78, 5) is 18.0. The number of carbonyl (C=O) groups excluding carboxylic acids is 1. The Bertz CT molecular complexity index is 1350. The van der Waals surface area contributed by atoms with Crippen molar-refractivity contribution in [2.75, 3.05) is 13.7 Å². The van der Waals surface area contributed by atoms with Crippen molar-refractivity contribution in [3.8, 4) is 16.9 Å². The molecule has 4 aromatic rings. The van der Waals surface area contributed by atoms with Crippen molar-refractivity contribution >= 4 is 27.7 Å². The van der Waals surface area contributed by atoms with E-state index < -0.39 is 16.8 Å². The van der Waals surface area contributed by atoms with Gasteiger partial charge in [-0.15, -0.1) is 0 Å². The molecule has 4 rings (SSSR count). The van der Waals surface area contributed by atoms with Gasteiger partial charge in [-0.05, 0) is 38.2 Å². The summed E-state index contributed by atoms with van der Waals surface area (Å²) in [6.45, 7) is 2.28. The first-order valence-electron chi connectivity index (χ1n) is 11.0. The van der Waals surface area contributed by atoms with Crippen LogP contribution in [0.15, 0.2) is 65.8 Å². The zero-order valence-corrected chi connectivity index (χ0v) is 20.2. The molecule has 1 atom stereocenters. The van der Waals surface area contributed by atoms with Gasteiger partial charge >= 0.3 is 5.97 Å². The summed E-state index contributed by atoms with van der Waals surface area (Å²) in [5.41, 5.74) is 3.61. The van der Waals surface area contributed by atoms with Crippen LogP contribution in [0.25, 0.3) is 22.0 Å². The standard InChI is InChI=1S/C26H27N3O4S/c1-4-33-26(31)24-22(16-34(32)18-10-6-5-7-11-18)29(3)21-13-19(17-9-8-12-28-14-17)25(30)20(15-27-2)23(21)24/h5-14,27,30H,4,15-16H2,1-3H3. The number of rotatable bonds is 8. The van der Waals surface area contributed by atoms with E-state index in [4.69, 9.17) is 4.74 Å². The molecule has 0 aliphatic rings. The highest BCUT2D eigenvalue weighted by molar-refractivity contribution is 7.84. The molecule has 0 bridgehead atoms. The number of nitrogens with zero attached hydrogens (tertiary/aromatic N) is 2. The minimum absolute atomic E-state index is 0.0710. The van der Waals surface area contributed by atoms with Crippen LogP contribution in [0.2, 0.25) is 0 Å². The number of esters is 1. The monoisotopic (exact) mass is 477 g/mol. The molecule has 2 N–H and O–H groups in total. The summed E-state index contributed by atoms with van der Waals surface area (Å²) < 4.78 is 20.5. The number of hydrogen-bond donors (Lipinski definition) is 2. The van der Waals surface area contributed by atoms with Gasteiger partial charge < -0.3 is 19.7 Å². The van der Waals surface area contributed by atoms with Gasteiger partial charge in [-0.2, -0.15) is 0 Å². The number of carbonyl (C=O) groups is 1. The molecule has 0 fully saturated rings. The molecule has 1 unspecified atom stereocenters. The molecule has 2 aromatic heterocycles. The number of nitrogens with one attached hydrogen (secondary N) is 1. The van der Waals surface area contributed by atoms with Crippen molar-refractivity contribution in [1.82, 2.24) is 14.9 Å². The number of benzene rings is 2. The van der Waals surface area contributed by atoms with Gasteiger partial charge in [0.2, 0.25) is 0 Å². The van der Waals surface area contributed by atoms with Crippen molar-refractivity contribution in [3.63, 3.8) is 0 Å². The van der Waals surface area contributed by atoms with Crippen LogP contribution >= 0.6 is 0 Å². The quantitative estimate of drug-likeness (QED) is 0.370. The maximum Gasteiger partial charge on any atom is 0.340 e. The molecule has 8 heteroatoms. The van der Waals surface area contributed by atoms with E-state index in [1.165, 1.54) is 0 Å². The van der Waals surface area contributed by atoms with E-state index in [0.717, 1.165) is 11.1 Å². The van der Waals surface area contributed by atoms with Crippen LogP contribution in [0.5, 0.6) is 5.75 Å². The lowest BCUT2D eigenvalue weighted by atomic mass is 9.97. The molecule has 0 radical (unpaired) electrons. The lowest BCUT2D eigenvalue weighted by Gasteiger charge is -2.13. The molecule has 0 aliphatic carbocycles. The molecule has 2 heterocycles. The number of aryl methyl sites for hydroxylation is 1. The Balaban J connectivity index is 2.00. The first-order chi connectivity index (χ1) is 16.5. The van der Waals surface area contributed by atoms with Crippen LogP contribution < -0.4 is 5.32 Å². The first kappa shape index (κ1) is 23.7. The fourth-order valence-corrected chi connectivity index (χ4v) is 5.39. The molecular formula is C26H27N3O4S. The average molecular weight is 478 g/mol. The van der Waals surface area contributed by atoms with Crippen LogP contribution in [-0.4, -0.2) is 38.5 Å². The zero-order chi connectivity index (χ0) is 24.2. The Morgan fingerprint density at radius 2 is 1.97 bits per heavy atom. The van der Waals surface area contributed by atoms with E-state index in [9.17, 15) is 14.1 Å². The molecule has 34 heavy (non-hydrogen) atoms. The van der Waals surface area contributed by atoms with Gasteiger partial charge in [0.15, 0.2) is 0 Å². The van der Waals surface area contributed by atoms with Gasteiger partial charge in [-0.1, -0.05) is 24.3 Å². The second-order valence-corrected chi connectivity index (χ2v) is 9.27. The number of fused-ring (bicyclic) bond motifs is 1. The van der Waals surface area contributed by atoms with Gasteiger partial charge in [-0.3, -0.25) is 9.19 Å². The van der Waals surface area contributed by atoms with Crippen LogP contribution in [0, 0.1) is 0 Å². The normalized spacial score (nSPS) is 12.1. The predicted molar refractivity (Wildman–Crippen MR) is 133 cm³/mol. The SMILES string of the molecule is CCOC(=O)c1c(CS(=O)c2ccccc2)n(C)c2cc(-c3cccnc3)c(O)c(CNC)c12. The Labute approximate surface area is 200 Å². The third kappa shape index (κ3) is 4.34. The third-order valence-corrected chi connectivity index (χ3v) is 7.10. The van der Waals surface area contributed by atoms with Gasteiger partial charge in [0, 0.05) is 58.7 Å². The van der Waals surface area contributed by atoms with Crippen molar-refractivity contribution in [3.05, 3.63) is 77.7 Å². The van der Waals surface area contributed by atoms with E-state index in [2.05, 4.69) is 10.3 Å². The highest BCUT2D eigenvalue weighted by atomic mass is 32.2. The number of phenols is 1. The summed E-state index contributed by atoms with van der Waals surface area (Å²) in [5, 5.41) is 15.0. The van der Waals surface area contributed by atoms with Crippen LogP contribution in [0.1, 0.15) is 28.5 Å². The minimum Gasteiger partial charge on any atom is -0.507 e. The molecular weight excluding hydrogens is 450 g/mol. The Kier molecular flexibility index (Phi) is 7.09. The number of ether oxygens (including phenoxy) is 1. The van der Waals surface area contributed by atoms with Gasteiger partial charge in [0.25, 0.3) is 0 Å². The fourth-order valence-electron chi connectivity index (χ4n) is 4.18. The van der Waals surface area contributed by atoms with Crippen molar-refractivity contribution in [1.29, 1.82) is 0 Å². The van der Waals surface area contributed by atoms with Gasteiger partial charge in [-0.25, -0.2) is 4.79 Å². The molecule has 0 amide bonds. The summed E-state index contributed by atoms with van der Waals surface area (Å²) in [5.74, 6) is -0.300. The van der Waals surface area contributed by atoms with Gasteiger partial charge in [0.05, 0.1) is 34.2 Å². The van der Waals surface area contributed by atoms with Crippen molar-refractivity contribution in [2.45, 2.75) is 24.1 Å². The molecule has 0 saturated carbocycles. The van der Waals surface area contributed by atoms with Gasteiger partial charge in [0.1, 0.15) is 5.75 Å². The molecule has 0 spiro atoms. The second kappa shape index (κ2) is 10.2. The Hall–Kier alpha value is -3.49. The summed E-state index contributed by atoms with van der Waals surface area (Å²) in [6.07, 6.45) is 3.36. The average Bonchev–Trinajstić information content (AvgIpc) is 3.13. The number of aromatic nitrogens is 2. The topological polar surface area (TPSA) is 93.5 Å². The maximum absolute atomic E-state index is 13.2. The molecule has 176 valence electrons. The van der Waals surface area contributed by atoms with E-state index in [-0.39, 0.29) is 18.1 Å². The van der Waals surface area contributed by atoms with E-state index in [0.29, 0.717) is 39.2 Å². The lowest BCUT2D eigenvalue weighted by molar-refractivity contribution is 0.0527. The minimum atomic E-state index is -1.38. The fraction of sp³-hybridized carbons (Fsp3) is 0.231. The zero-order valence-electron chi connectivity index (χ0n) is 19.4. The molecule has 0 aliphatic heterocycles. The Morgan fingerprint density at radius 3 is 2.62 bits per heavy atom. The highest BCUT2D eigenvalue weighted by Crippen LogP contribution is 2.41. The van der Waals surface area contributed by atoms with Crippen LogP contribution in [0.3, 0.4) is 0 Å². The summed E-state index contributed by atoms with van der Waals surface area (Å²) >= 11 is 0. The number of pyridine rings is 1. The Morgan fingerprint density at radius 1 is 1.21 bits per heavy atom.